The molecular formula is C14H16ClN3O. The molecule has 0 bridgehead atoms. The van der Waals surface area contributed by atoms with Gasteiger partial charge in [-0.05, 0) is 37.0 Å². The predicted octanol–water partition coefficient (Wildman–Crippen LogP) is 3.24. The number of halogens is 1. The maximum absolute atomic E-state index is 11.1. The second kappa shape index (κ2) is 5.53. The van der Waals surface area contributed by atoms with Gasteiger partial charge >= 0.3 is 0 Å². The van der Waals surface area contributed by atoms with Gasteiger partial charge in [0.15, 0.2) is 6.29 Å². The Morgan fingerprint density at radius 2 is 2.16 bits per heavy atom. The van der Waals surface area contributed by atoms with Gasteiger partial charge in [-0.15, -0.1) is 5.10 Å². The molecule has 0 amide bonds. The van der Waals surface area contributed by atoms with Gasteiger partial charge in [0.05, 0.1) is 11.4 Å². The van der Waals surface area contributed by atoms with Crippen LogP contribution in [-0.2, 0) is 6.42 Å². The van der Waals surface area contributed by atoms with Crippen molar-refractivity contribution < 1.29 is 4.79 Å². The third kappa shape index (κ3) is 2.68. The van der Waals surface area contributed by atoms with Crippen molar-refractivity contribution in [3.8, 4) is 5.69 Å². The summed E-state index contributed by atoms with van der Waals surface area (Å²) in [7, 11) is 0. The first-order valence-corrected chi connectivity index (χ1v) is 6.57. The van der Waals surface area contributed by atoms with Crippen molar-refractivity contribution in [2.24, 2.45) is 5.92 Å². The zero-order valence-corrected chi connectivity index (χ0v) is 12.0. The Bertz CT molecular complexity index is 605. The quantitative estimate of drug-likeness (QED) is 0.806. The van der Waals surface area contributed by atoms with Crippen LogP contribution in [0.25, 0.3) is 5.69 Å². The molecule has 0 N–H and O–H groups in total. The van der Waals surface area contributed by atoms with E-state index in [1.165, 1.54) is 0 Å². The van der Waals surface area contributed by atoms with Gasteiger partial charge in [-0.1, -0.05) is 36.7 Å². The number of benzene rings is 1. The van der Waals surface area contributed by atoms with Crippen molar-refractivity contribution in [1.29, 1.82) is 0 Å². The Labute approximate surface area is 117 Å². The fourth-order valence-corrected chi connectivity index (χ4v) is 2.17. The minimum Gasteiger partial charge on any atom is -0.296 e. The summed E-state index contributed by atoms with van der Waals surface area (Å²) in [5.74, 6) is 0.412. The lowest BCUT2D eigenvalue weighted by molar-refractivity contribution is 0.111. The van der Waals surface area contributed by atoms with Crippen LogP contribution in [0.3, 0.4) is 0 Å². The zero-order valence-electron chi connectivity index (χ0n) is 11.2. The topological polar surface area (TPSA) is 47.8 Å². The van der Waals surface area contributed by atoms with Gasteiger partial charge in [0.1, 0.15) is 5.69 Å². The summed E-state index contributed by atoms with van der Waals surface area (Å²) < 4.78 is 1.71. The predicted molar refractivity (Wildman–Crippen MR) is 75.0 cm³/mol. The minimum atomic E-state index is 0.396. The second-order valence-corrected chi connectivity index (χ2v) is 5.34. The Kier molecular flexibility index (Phi) is 4.00. The number of carbonyl (C=O) groups excluding carboxylic acids is 1. The van der Waals surface area contributed by atoms with E-state index in [9.17, 15) is 4.79 Å². The standard InChI is InChI=1S/C14H16ClN3O/c1-9(2)7-14-12(8-19)16-17-18(14)13-6-4-5-11(15)10(13)3/h4-6,8-9H,7H2,1-3H3. The molecule has 19 heavy (non-hydrogen) atoms. The van der Waals surface area contributed by atoms with E-state index in [1.807, 2.05) is 25.1 Å². The maximum Gasteiger partial charge on any atom is 0.172 e. The van der Waals surface area contributed by atoms with Gasteiger partial charge in [-0.3, -0.25) is 4.79 Å². The van der Waals surface area contributed by atoms with Gasteiger partial charge < -0.3 is 0 Å². The first-order valence-electron chi connectivity index (χ1n) is 6.19. The molecule has 1 aromatic heterocycles. The second-order valence-electron chi connectivity index (χ2n) is 4.93. The SMILES string of the molecule is Cc1c(Cl)cccc1-n1nnc(C=O)c1CC(C)C. The van der Waals surface area contributed by atoms with Crippen LogP contribution >= 0.6 is 11.6 Å². The number of carbonyl (C=O) groups is 1. The molecule has 1 heterocycles. The first kappa shape index (κ1) is 13.7. The van der Waals surface area contributed by atoms with E-state index in [4.69, 9.17) is 11.6 Å². The molecule has 2 aromatic rings. The van der Waals surface area contributed by atoms with Crippen molar-refractivity contribution in [3.05, 3.63) is 40.2 Å². The lowest BCUT2D eigenvalue weighted by Gasteiger charge is -2.11. The molecule has 0 aliphatic heterocycles. The van der Waals surface area contributed by atoms with E-state index in [0.29, 0.717) is 16.6 Å². The summed E-state index contributed by atoms with van der Waals surface area (Å²) in [6.07, 6.45) is 1.49. The van der Waals surface area contributed by atoms with Crippen molar-refractivity contribution >= 4 is 17.9 Å². The van der Waals surface area contributed by atoms with Crippen LogP contribution < -0.4 is 0 Å². The molecule has 2 rings (SSSR count). The molecule has 0 radical (unpaired) electrons. The number of hydrogen-bond acceptors (Lipinski definition) is 3. The highest BCUT2D eigenvalue weighted by atomic mass is 35.5. The molecule has 0 fully saturated rings. The van der Waals surface area contributed by atoms with Crippen LogP contribution in [0.15, 0.2) is 18.2 Å². The lowest BCUT2D eigenvalue weighted by Crippen LogP contribution is -2.08. The van der Waals surface area contributed by atoms with Gasteiger partial charge in [-0.25, -0.2) is 4.68 Å². The highest BCUT2D eigenvalue weighted by molar-refractivity contribution is 6.31. The summed E-state index contributed by atoms with van der Waals surface area (Å²) in [6.45, 7) is 6.12. The molecule has 5 heteroatoms. The molecule has 0 aliphatic carbocycles. The number of hydrogen-bond donors (Lipinski definition) is 0. The number of aldehydes is 1. The van der Waals surface area contributed by atoms with Gasteiger partial charge in [0.2, 0.25) is 0 Å². The Hall–Kier alpha value is -1.68. The molecule has 0 unspecified atom stereocenters. The van der Waals surface area contributed by atoms with Crippen molar-refractivity contribution in [3.63, 3.8) is 0 Å². The summed E-state index contributed by atoms with van der Waals surface area (Å²) in [6, 6.07) is 5.63. The summed E-state index contributed by atoms with van der Waals surface area (Å²) in [5.41, 5.74) is 3.02. The molecule has 100 valence electrons. The lowest BCUT2D eigenvalue weighted by atomic mass is 10.1. The summed E-state index contributed by atoms with van der Waals surface area (Å²) in [4.78, 5) is 11.1. The minimum absolute atomic E-state index is 0.396. The third-order valence-electron chi connectivity index (χ3n) is 2.97. The fraction of sp³-hybridized carbons (Fsp3) is 0.357. The number of rotatable bonds is 4. The molecule has 4 nitrogen and oxygen atoms in total. The van der Waals surface area contributed by atoms with Crippen molar-refractivity contribution in [1.82, 2.24) is 15.0 Å². The Morgan fingerprint density at radius 3 is 2.79 bits per heavy atom. The number of nitrogens with zero attached hydrogens (tertiary/aromatic N) is 3. The first-order chi connectivity index (χ1) is 9.04. The van der Waals surface area contributed by atoms with Gasteiger partial charge in [-0.2, -0.15) is 0 Å². The highest BCUT2D eigenvalue weighted by Crippen LogP contribution is 2.24. The largest absolute Gasteiger partial charge is 0.296 e. The fourth-order valence-electron chi connectivity index (χ4n) is 2.00. The van der Waals surface area contributed by atoms with Crippen LogP contribution in [0.5, 0.6) is 0 Å². The van der Waals surface area contributed by atoms with Crippen LogP contribution in [0.2, 0.25) is 5.02 Å². The van der Waals surface area contributed by atoms with E-state index >= 15 is 0 Å². The Balaban J connectivity index is 2.59. The highest BCUT2D eigenvalue weighted by Gasteiger charge is 2.16. The summed E-state index contributed by atoms with van der Waals surface area (Å²) >= 11 is 6.13. The van der Waals surface area contributed by atoms with E-state index in [0.717, 1.165) is 29.7 Å². The van der Waals surface area contributed by atoms with Crippen molar-refractivity contribution in [2.75, 3.05) is 0 Å². The smallest absolute Gasteiger partial charge is 0.172 e. The summed E-state index contributed by atoms with van der Waals surface area (Å²) in [5, 5.41) is 8.70. The monoisotopic (exact) mass is 277 g/mol. The van der Waals surface area contributed by atoms with Gasteiger partial charge in [0, 0.05) is 5.02 Å². The van der Waals surface area contributed by atoms with E-state index in [-0.39, 0.29) is 0 Å². The zero-order chi connectivity index (χ0) is 14.0. The van der Waals surface area contributed by atoms with Gasteiger partial charge in [0.25, 0.3) is 0 Å². The molecule has 0 spiro atoms. The molecular weight excluding hydrogens is 262 g/mol. The van der Waals surface area contributed by atoms with E-state index < -0.39 is 0 Å². The number of aromatic nitrogens is 3. The maximum atomic E-state index is 11.1. The normalized spacial score (nSPS) is 11.0. The van der Waals surface area contributed by atoms with Crippen LogP contribution in [0.4, 0.5) is 0 Å². The molecule has 0 saturated carbocycles. The average molecular weight is 278 g/mol. The van der Waals surface area contributed by atoms with Crippen LogP contribution in [-0.4, -0.2) is 21.3 Å². The molecule has 0 saturated heterocycles. The Morgan fingerprint density at radius 1 is 1.42 bits per heavy atom. The van der Waals surface area contributed by atoms with Crippen LogP contribution in [0.1, 0.15) is 35.6 Å². The molecule has 1 aromatic carbocycles. The van der Waals surface area contributed by atoms with E-state index in [2.05, 4.69) is 24.2 Å². The molecule has 0 atom stereocenters. The average Bonchev–Trinajstić information content (AvgIpc) is 2.75. The van der Waals surface area contributed by atoms with Crippen LogP contribution in [0, 0.1) is 12.8 Å². The molecule has 0 aliphatic rings. The third-order valence-corrected chi connectivity index (χ3v) is 3.38. The van der Waals surface area contributed by atoms with E-state index in [1.54, 1.807) is 4.68 Å². The van der Waals surface area contributed by atoms with Crippen molar-refractivity contribution in [2.45, 2.75) is 27.2 Å².